The van der Waals surface area contributed by atoms with E-state index in [-0.39, 0.29) is 0 Å². The molecule has 20 heavy (non-hydrogen) atoms. The number of aryl methyl sites for hydroxylation is 1. The first-order valence-corrected chi connectivity index (χ1v) is 8.38. The molecule has 2 aromatic rings. The number of thiazole rings is 1. The zero-order valence-electron chi connectivity index (χ0n) is 11.7. The minimum atomic E-state index is 0.854. The maximum Gasteiger partial charge on any atom is 0.173 e. The molecule has 2 heterocycles. The summed E-state index contributed by atoms with van der Waals surface area (Å²) in [5.41, 5.74) is 2.13. The second-order valence-electron chi connectivity index (χ2n) is 5.25. The van der Waals surface area contributed by atoms with Crippen LogP contribution in [-0.4, -0.2) is 28.1 Å². The Morgan fingerprint density at radius 1 is 1.25 bits per heavy atom. The molecular weight excluding hydrogens is 286 g/mol. The van der Waals surface area contributed by atoms with Gasteiger partial charge in [0.05, 0.1) is 15.2 Å². The van der Waals surface area contributed by atoms with Crippen molar-refractivity contribution in [1.82, 2.24) is 9.88 Å². The van der Waals surface area contributed by atoms with Gasteiger partial charge in [-0.15, -0.1) is 11.3 Å². The van der Waals surface area contributed by atoms with Gasteiger partial charge in [-0.1, -0.05) is 12.8 Å². The molecule has 3 nitrogen and oxygen atoms in total. The quantitative estimate of drug-likeness (QED) is 0.800. The Morgan fingerprint density at radius 2 is 2.00 bits per heavy atom. The van der Waals surface area contributed by atoms with Crippen molar-refractivity contribution in [2.75, 3.05) is 18.4 Å². The minimum absolute atomic E-state index is 0.854. The molecule has 1 aliphatic heterocycles. The fourth-order valence-electron chi connectivity index (χ4n) is 2.59. The predicted molar refractivity (Wildman–Crippen MR) is 90.6 cm³/mol. The van der Waals surface area contributed by atoms with Gasteiger partial charge >= 0.3 is 0 Å². The lowest BCUT2D eigenvalue weighted by molar-refractivity contribution is 0.441. The predicted octanol–water partition coefficient (Wildman–Crippen LogP) is 4.18. The van der Waals surface area contributed by atoms with Crippen molar-refractivity contribution in [3.8, 4) is 0 Å². The van der Waals surface area contributed by atoms with Crippen molar-refractivity contribution < 1.29 is 0 Å². The van der Waals surface area contributed by atoms with Gasteiger partial charge in [-0.25, -0.2) is 4.98 Å². The van der Waals surface area contributed by atoms with Gasteiger partial charge in [0.25, 0.3) is 0 Å². The number of hydrogen-bond donors (Lipinski definition) is 1. The molecule has 0 atom stereocenters. The Bertz CT molecular complexity index is 613. The highest BCUT2D eigenvalue weighted by Crippen LogP contribution is 2.25. The average Bonchev–Trinajstić information content (AvgIpc) is 2.64. The van der Waals surface area contributed by atoms with Crippen LogP contribution in [-0.2, 0) is 0 Å². The summed E-state index contributed by atoms with van der Waals surface area (Å²) in [4.78, 5) is 6.78. The summed E-state index contributed by atoms with van der Waals surface area (Å²) < 4.78 is 1.21. The monoisotopic (exact) mass is 305 g/mol. The number of aromatic nitrogens is 1. The Balaban J connectivity index is 1.72. The molecule has 5 heteroatoms. The van der Waals surface area contributed by atoms with Gasteiger partial charge in [-0.05, 0) is 50.2 Å². The normalized spacial score (nSPS) is 16.1. The number of anilines is 1. The van der Waals surface area contributed by atoms with Crippen LogP contribution in [0, 0.1) is 6.92 Å². The van der Waals surface area contributed by atoms with Crippen LogP contribution in [0.4, 0.5) is 5.69 Å². The van der Waals surface area contributed by atoms with Gasteiger partial charge in [0, 0.05) is 18.8 Å². The highest BCUT2D eigenvalue weighted by Gasteiger charge is 2.12. The van der Waals surface area contributed by atoms with Crippen LogP contribution in [0.25, 0.3) is 10.2 Å². The molecule has 1 aromatic heterocycles. The van der Waals surface area contributed by atoms with E-state index in [1.54, 1.807) is 11.3 Å². The summed E-state index contributed by atoms with van der Waals surface area (Å²) in [6.45, 7) is 4.20. The smallest absolute Gasteiger partial charge is 0.173 e. The molecule has 1 fully saturated rings. The first-order chi connectivity index (χ1) is 9.72. The lowest BCUT2D eigenvalue weighted by Gasteiger charge is -2.23. The first kappa shape index (κ1) is 13.8. The van der Waals surface area contributed by atoms with E-state index in [1.165, 1.54) is 30.4 Å². The number of likely N-dealkylation sites (tertiary alicyclic amines) is 1. The van der Waals surface area contributed by atoms with Crippen molar-refractivity contribution in [1.29, 1.82) is 0 Å². The molecule has 1 aromatic carbocycles. The summed E-state index contributed by atoms with van der Waals surface area (Å²) in [6.07, 6.45) is 5.14. The van der Waals surface area contributed by atoms with E-state index in [1.807, 2.05) is 6.92 Å². The molecule has 106 valence electrons. The number of thiocarbonyl (C=S) groups is 1. The highest BCUT2D eigenvalue weighted by molar-refractivity contribution is 7.80. The van der Waals surface area contributed by atoms with E-state index in [9.17, 15) is 0 Å². The molecule has 0 unspecified atom stereocenters. The maximum atomic E-state index is 5.55. The van der Waals surface area contributed by atoms with Crippen molar-refractivity contribution in [2.24, 2.45) is 0 Å². The SMILES string of the molecule is Cc1nc2ccc(NC(=S)N3CCCCCC3)cc2s1. The first-order valence-electron chi connectivity index (χ1n) is 7.15. The number of nitrogens with zero attached hydrogens (tertiary/aromatic N) is 2. The van der Waals surface area contributed by atoms with Gasteiger partial charge < -0.3 is 10.2 Å². The van der Waals surface area contributed by atoms with Crippen LogP contribution in [0.3, 0.4) is 0 Å². The minimum Gasteiger partial charge on any atom is -0.349 e. The van der Waals surface area contributed by atoms with E-state index in [0.717, 1.165) is 34.4 Å². The average molecular weight is 305 g/mol. The lowest BCUT2D eigenvalue weighted by Crippen LogP contribution is -2.35. The Morgan fingerprint density at radius 3 is 2.75 bits per heavy atom. The van der Waals surface area contributed by atoms with Crippen molar-refractivity contribution >= 4 is 44.6 Å². The van der Waals surface area contributed by atoms with Crippen molar-refractivity contribution in [3.63, 3.8) is 0 Å². The van der Waals surface area contributed by atoms with Crippen LogP contribution >= 0.6 is 23.6 Å². The van der Waals surface area contributed by atoms with Crippen LogP contribution < -0.4 is 5.32 Å². The third kappa shape index (κ3) is 3.10. The number of benzene rings is 1. The topological polar surface area (TPSA) is 28.2 Å². The van der Waals surface area contributed by atoms with E-state index in [0.29, 0.717) is 0 Å². The van der Waals surface area contributed by atoms with Gasteiger partial charge in [0.2, 0.25) is 0 Å². The summed E-state index contributed by atoms with van der Waals surface area (Å²) in [5.74, 6) is 0. The number of rotatable bonds is 1. The Kier molecular flexibility index (Phi) is 4.17. The summed E-state index contributed by atoms with van der Waals surface area (Å²) in [5, 5.41) is 5.34. The second kappa shape index (κ2) is 6.06. The third-order valence-electron chi connectivity index (χ3n) is 3.64. The van der Waals surface area contributed by atoms with Crippen LogP contribution in [0.15, 0.2) is 18.2 Å². The molecule has 0 amide bonds. The number of nitrogens with one attached hydrogen (secondary N) is 1. The zero-order valence-corrected chi connectivity index (χ0v) is 13.3. The van der Waals surface area contributed by atoms with Crippen LogP contribution in [0.1, 0.15) is 30.7 Å². The molecule has 1 aliphatic rings. The zero-order chi connectivity index (χ0) is 13.9. The lowest BCUT2D eigenvalue weighted by atomic mass is 10.2. The summed E-state index contributed by atoms with van der Waals surface area (Å²) in [7, 11) is 0. The van der Waals surface area contributed by atoms with Gasteiger partial charge in [-0.2, -0.15) is 0 Å². The molecule has 3 rings (SSSR count). The molecule has 0 bridgehead atoms. The third-order valence-corrected chi connectivity index (χ3v) is 4.93. The molecule has 0 spiro atoms. The molecular formula is C15H19N3S2. The van der Waals surface area contributed by atoms with Crippen LogP contribution in [0.2, 0.25) is 0 Å². The Hall–Kier alpha value is -1.20. The van der Waals surface area contributed by atoms with E-state index < -0.39 is 0 Å². The Labute approximate surface area is 129 Å². The molecule has 0 aliphatic carbocycles. The maximum absolute atomic E-state index is 5.55. The fraction of sp³-hybridized carbons (Fsp3) is 0.467. The molecule has 0 radical (unpaired) electrons. The second-order valence-corrected chi connectivity index (χ2v) is 6.87. The molecule has 1 N–H and O–H groups in total. The highest BCUT2D eigenvalue weighted by atomic mass is 32.1. The molecule has 1 saturated heterocycles. The standard InChI is InChI=1S/C15H19N3S2/c1-11-16-13-7-6-12(10-14(13)20-11)17-15(19)18-8-4-2-3-5-9-18/h6-7,10H,2-5,8-9H2,1H3,(H,17,19). The summed E-state index contributed by atoms with van der Waals surface area (Å²) in [6, 6.07) is 6.27. The fourth-order valence-corrected chi connectivity index (χ4v) is 3.76. The number of hydrogen-bond acceptors (Lipinski definition) is 3. The van der Waals surface area contributed by atoms with Gasteiger partial charge in [0.1, 0.15) is 0 Å². The van der Waals surface area contributed by atoms with Crippen molar-refractivity contribution in [2.45, 2.75) is 32.6 Å². The van der Waals surface area contributed by atoms with E-state index in [4.69, 9.17) is 12.2 Å². The van der Waals surface area contributed by atoms with Crippen molar-refractivity contribution in [3.05, 3.63) is 23.2 Å². The van der Waals surface area contributed by atoms with Gasteiger partial charge in [-0.3, -0.25) is 0 Å². The van der Waals surface area contributed by atoms with Gasteiger partial charge in [0.15, 0.2) is 5.11 Å². The molecule has 0 saturated carbocycles. The van der Waals surface area contributed by atoms with E-state index in [2.05, 4.69) is 33.4 Å². The number of fused-ring (bicyclic) bond motifs is 1. The largest absolute Gasteiger partial charge is 0.349 e. The summed E-state index contributed by atoms with van der Waals surface area (Å²) >= 11 is 7.27. The van der Waals surface area contributed by atoms with E-state index >= 15 is 0 Å². The van der Waals surface area contributed by atoms with Crippen LogP contribution in [0.5, 0.6) is 0 Å².